The molecule has 0 radical (unpaired) electrons. The van der Waals surface area contributed by atoms with E-state index in [9.17, 15) is 19.2 Å². The highest BCUT2D eigenvalue weighted by atomic mass is 16.5. The van der Waals surface area contributed by atoms with Crippen LogP contribution in [0.5, 0.6) is 0 Å². The number of hydrogen-bond acceptors (Lipinski definition) is 6. The lowest BCUT2D eigenvalue weighted by atomic mass is 10.1. The van der Waals surface area contributed by atoms with Gasteiger partial charge in [0.05, 0.1) is 7.11 Å². The first-order chi connectivity index (χ1) is 12.9. The number of Topliss-reactive ketones (excluding diaryl/α,β-unsaturated/α-hetero) is 1. The molecule has 27 heavy (non-hydrogen) atoms. The number of amides is 1. The lowest BCUT2D eigenvalue weighted by molar-refractivity contribution is -0.145. The number of methoxy groups -OCH3 is 1. The van der Waals surface area contributed by atoms with Gasteiger partial charge in [0.2, 0.25) is 0 Å². The number of benzene rings is 1. The van der Waals surface area contributed by atoms with Crippen LogP contribution < -0.4 is 5.32 Å². The van der Waals surface area contributed by atoms with Gasteiger partial charge in [-0.2, -0.15) is 0 Å². The van der Waals surface area contributed by atoms with Crippen molar-refractivity contribution in [1.82, 2.24) is 10.3 Å². The molecular formula is C19H20N2O6. The first kappa shape index (κ1) is 19.9. The maximum Gasteiger partial charge on any atom is 0.355 e. The summed E-state index contributed by atoms with van der Waals surface area (Å²) in [5.74, 6) is -2.23. The molecular weight excluding hydrogens is 352 g/mol. The van der Waals surface area contributed by atoms with E-state index in [2.05, 4.69) is 10.3 Å². The van der Waals surface area contributed by atoms with Gasteiger partial charge < -0.3 is 19.8 Å². The zero-order valence-corrected chi connectivity index (χ0v) is 15.0. The maximum absolute atomic E-state index is 12.1. The number of ether oxygens (including phenoxy) is 2. The highest BCUT2D eigenvalue weighted by Crippen LogP contribution is 2.07. The standard InChI is InChI=1S/C19H20N2O6/c1-12(22)14-9-15(20-10-14)19(25)27-11-17(23)21-16(18(24)26-2)8-13-6-4-3-5-7-13/h3-7,9-10,16,20H,8,11H2,1-2H3,(H,21,23)/t16-/m0/s1. The highest BCUT2D eigenvalue weighted by molar-refractivity contribution is 5.98. The van der Waals surface area contributed by atoms with Gasteiger partial charge in [-0.15, -0.1) is 0 Å². The van der Waals surface area contributed by atoms with Crippen molar-refractivity contribution in [3.8, 4) is 0 Å². The van der Waals surface area contributed by atoms with E-state index < -0.39 is 30.5 Å². The van der Waals surface area contributed by atoms with Crippen LogP contribution in [0.15, 0.2) is 42.6 Å². The molecule has 2 rings (SSSR count). The van der Waals surface area contributed by atoms with Crippen molar-refractivity contribution in [2.24, 2.45) is 0 Å². The van der Waals surface area contributed by atoms with Gasteiger partial charge in [0.1, 0.15) is 11.7 Å². The van der Waals surface area contributed by atoms with Crippen molar-refractivity contribution in [1.29, 1.82) is 0 Å². The minimum absolute atomic E-state index is 0.0572. The van der Waals surface area contributed by atoms with Crippen molar-refractivity contribution >= 4 is 23.6 Å². The molecule has 0 saturated heterocycles. The molecule has 1 aromatic heterocycles. The Hall–Kier alpha value is -3.42. The van der Waals surface area contributed by atoms with E-state index >= 15 is 0 Å². The minimum atomic E-state index is -0.904. The Labute approximate surface area is 155 Å². The molecule has 0 aliphatic carbocycles. The number of H-pyrrole nitrogens is 1. The van der Waals surface area contributed by atoms with Crippen molar-refractivity contribution < 1.29 is 28.7 Å². The Morgan fingerprint density at radius 3 is 2.44 bits per heavy atom. The van der Waals surface area contributed by atoms with Crippen molar-refractivity contribution in [2.75, 3.05) is 13.7 Å². The quantitative estimate of drug-likeness (QED) is 0.533. The first-order valence-electron chi connectivity index (χ1n) is 8.18. The van der Waals surface area contributed by atoms with Gasteiger partial charge in [-0.3, -0.25) is 9.59 Å². The lowest BCUT2D eigenvalue weighted by Crippen LogP contribution is -2.44. The number of ketones is 1. The van der Waals surface area contributed by atoms with Gasteiger partial charge in [-0.1, -0.05) is 30.3 Å². The third kappa shape index (κ3) is 5.81. The van der Waals surface area contributed by atoms with E-state index in [1.54, 1.807) is 0 Å². The summed E-state index contributed by atoms with van der Waals surface area (Å²) < 4.78 is 9.61. The predicted molar refractivity (Wildman–Crippen MR) is 95.2 cm³/mol. The Bertz CT molecular complexity index is 828. The average Bonchev–Trinajstić information content (AvgIpc) is 3.16. The number of nitrogens with one attached hydrogen (secondary N) is 2. The third-order valence-corrected chi connectivity index (χ3v) is 3.75. The van der Waals surface area contributed by atoms with Crippen molar-refractivity contribution in [3.63, 3.8) is 0 Å². The van der Waals surface area contributed by atoms with Crippen LogP contribution in [-0.2, 0) is 25.5 Å². The van der Waals surface area contributed by atoms with E-state index in [1.807, 2.05) is 30.3 Å². The Kier molecular flexibility index (Phi) is 6.87. The Morgan fingerprint density at radius 1 is 1.15 bits per heavy atom. The van der Waals surface area contributed by atoms with Gasteiger partial charge >= 0.3 is 11.9 Å². The molecule has 2 aromatic rings. The summed E-state index contributed by atoms with van der Waals surface area (Å²) in [7, 11) is 1.23. The molecule has 1 aromatic carbocycles. The summed E-state index contributed by atoms with van der Waals surface area (Å²) in [5, 5.41) is 2.49. The summed E-state index contributed by atoms with van der Waals surface area (Å²) in [6.45, 7) is 0.793. The van der Waals surface area contributed by atoms with E-state index in [4.69, 9.17) is 9.47 Å². The second-order valence-corrected chi connectivity index (χ2v) is 5.77. The summed E-state index contributed by atoms with van der Waals surface area (Å²) in [4.78, 5) is 49.7. The van der Waals surface area contributed by atoms with Gasteiger partial charge in [0, 0.05) is 18.2 Å². The molecule has 0 saturated carbocycles. The zero-order chi connectivity index (χ0) is 19.8. The minimum Gasteiger partial charge on any atom is -0.467 e. The maximum atomic E-state index is 12.1. The van der Waals surface area contributed by atoms with Crippen LogP contribution in [0.3, 0.4) is 0 Å². The zero-order valence-electron chi connectivity index (χ0n) is 15.0. The summed E-state index contributed by atoms with van der Waals surface area (Å²) >= 11 is 0. The highest BCUT2D eigenvalue weighted by Gasteiger charge is 2.23. The molecule has 0 aliphatic rings. The monoisotopic (exact) mass is 372 g/mol. The summed E-state index contributed by atoms with van der Waals surface area (Å²) in [6.07, 6.45) is 1.62. The fourth-order valence-electron chi connectivity index (χ4n) is 2.35. The number of hydrogen-bond donors (Lipinski definition) is 2. The number of carbonyl (C=O) groups excluding carboxylic acids is 4. The topological polar surface area (TPSA) is 115 Å². The van der Waals surface area contributed by atoms with Crippen molar-refractivity contribution in [2.45, 2.75) is 19.4 Å². The fraction of sp³-hybridized carbons (Fsp3) is 0.263. The van der Waals surface area contributed by atoms with Crippen LogP contribution in [0.2, 0.25) is 0 Å². The number of esters is 2. The smallest absolute Gasteiger partial charge is 0.355 e. The molecule has 1 atom stereocenters. The largest absolute Gasteiger partial charge is 0.467 e. The molecule has 8 heteroatoms. The normalized spacial score (nSPS) is 11.3. The molecule has 2 N–H and O–H groups in total. The molecule has 0 fully saturated rings. The van der Waals surface area contributed by atoms with Crippen LogP contribution in [-0.4, -0.2) is 48.4 Å². The van der Waals surface area contributed by atoms with Gasteiger partial charge in [-0.25, -0.2) is 9.59 Å². The second-order valence-electron chi connectivity index (χ2n) is 5.77. The van der Waals surface area contributed by atoms with Crippen LogP contribution in [0.1, 0.15) is 33.3 Å². The molecule has 1 heterocycles. The van der Waals surface area contributed by atoms with E-state index in [-0.39, 0.29) is 17.9 Å². The molecule has 0 unspecified atom stereocenters. The van der Waals surface area contributed by atoms with Crippen LogP contribution in [0.4, 0.5) is 0 Å². The average molecular weight is 372 g/mol. The van der Waals surface area contributed by atoms with E-state index in [0.29, 0.717) is 5.56 Å². The molecule has 0 spiro atoms. The second kappa shape index (κ2) is 9.33. The Balaban J connectivity index is 1.91. The number of carbonyl (C=O) groups is 4. The Morgan fingerprint density at radius 2 is 1.85 bits per heavy atom. The molecule has 0 bridgehead atoms. The van der Waals surface area contributed by atoms with Gasteiger partial charge in [0.15, 0.2) is 12.4 Å². The number of rotatable bonds is 8. The van der Waals surface area contributed by atoms with Gasteiger partial charge in [-0.05, 0) is 18.6 Å². The number of aromatic amines is 1. The van der Waals surface area contributed by atoms with Crippen LogP contribution in [0.25, 0.3) is 0 Å². The SMILES string of the molecule is COC(=O)[C@H](Cc1ccccc1)NC(=O)COC(=O)c1cc(C(C)=O)c[nH]1. The molecule has 1 amide bonds. The van der Waals surface area contributed by atoms with Gasteiger partial charge in [0.25, 0.3) is 5.91 Å². The fourth-order valence-corrected chi connectivity index (χ4v) is 2.35. The van der Waals surface area contributed by atoms with Crippen molar-refractivity contribution in [3.05, 3.63) is 59.4 Å². The first-order valence-corrected chi connectivity index (χ1v) is 8.18. The molecule has 142 valence electrons. The lowest BCUT2D eigenvalue weighted by Gasteiger charge is -2.16. The summed E-state index contributed by atoms with van der Waals surface area (Å²) in [6, 6.07) is 9.55. The third-order valence-electron chi connectivity index (χ3n) is 3.75. The van der Waals surface area contributed by atoms with Crippen LogP contribution >= 0.6 is 0 Å². The molecule has 8 nitrogen and oxygen atoms in total. The summed E-state index contributed by atoms with van der Waals surface area (Å²) in [5.41, 5.74) is 1.23. The molecule has 0 aliphatic heterocycles. The van der Waals surface area contributed by atoms with Crippen LogP contribution in [0, 0.1) is 0 Å². The van der Waals surface area contributed by atoms with E-state index in [1.165, 1.54) is 26.3 Å². The number of aromatic nitrogens is 1. The van der Waals surface area contributed by atoms with E-state index in [0.717, 1.165) is 5.56 Å². The predicted octanol–water partition coefficient (Wildman–Crippen LogP) is 1.27.